The van der Waals surface area contributed by atoms with Gasteiger partial charge in [0.1, 0.15) is 10.7 Å². The van der Waals surface area contributed by atoms with Crippen LogP contribution in [-0.4, -0.2) is 20.4 Å². The summed E-state index contributed by atoms with van der Waals surface area (Å²) in [6, 6.07) is 8.56. The standard InChI is InChI=1S/C13H13BrClN3O2S/c1-16-13-12(6-10(14)8-17-13)21(19,20)18-7-9-4-2-3-5-11(9)15/h2-6,8,18H,7H2,1H3,(H,16,17). The summed E-state index contributed by atoms with van der Waals surface area (Å²) in [6.45, 7) is 0.109. The second-order valence-electron chi connectivity index (χ2n) is 4.17. The van der Waals surface area contributed by atoms with Crippen molar-refractivity contribution >= 4 is 43.4 Å². The quantitative estimate of drug-likeness (QED) is 0.823. The number of halogens is 2. The SMILES string of the molecule is CNc1ncc(Br)cc1S(=O)(=O)NCc1ccccc1Cl. The van der Waals surface area contributed by atoms with Crippen molar-refractivity contribution in [3.05, 3.63) is 51.6 Å². The van der Waals surface area contributed by atoms with Gasteiger partial charge in [-0.2, -0.15) is 0 Å². The van der Waals surface area contributed by atoms with Gasteiger partial charge in [-0.3, -0.25) is 0 Å². The number of benzene rings is 1. The average Bonchev–Trinajstić information content (AvgIpc) is 2.46. The number of sulfonamides is 1. The Kier molecular flexibility index (Phi) is 5.21. The highest BCUT2D eigenvalue weighted by molar-refractivity contribution is 9.10. The van der Waals surface area contributed by atoms with Gasteiger partial charge in [-0.25, -0.2) is 18.1 Å². The monoisotopic (exact) mass is 389 g/mol. The predicted molar refractivity (Wildman–Crippen MR) is 87.0 cm³/mol. The molecule has 2 N–H and O–H groups in total. The molecule has 112 valence electrons. The van der Waals surface area contributed by atoms with Crippen LogP contribution in [0.25, 0.3) is 0 Å². The lowest BCUT2D eigenvalue weighted by Gasteiger charge is -2.11. The maximum absolute atomic E-state index is 12.4. The summed E-state index contributed by atoms with van der Waals surface area (Å²) in [5.41, 5.74) is 0.705. The number of nitrogens with zero attached hydrogens (tertiary/aromatic N) is 1. The molecule has 5 nitrogen and oxygen atoms in total. The van der Waals surface area contributed by atoms with E-state index < -0.39 is 10.0 Å². The number of hydrogen-bond acceptors (Lipinski definition) is 4. The number of nitrogens with one attached hydrogen (secondary N) is 2. The van der Waals surface area contributed by atoms with Gasteiger partial charge in [0, 0.05) is 29.3 Å². The number of hydrogen-bond donors (Lipinski definition) is 2. The zero-order valence-corrected chi connectivity index (χ0v) is 14.3. The fourth-order valence-electron chi connectivity index (χ4n) is 1.71. The first kappa shape index (κ1) is 16.2. The number of rotatable bonds is 5. The Bertz CT molecular complexity index is 753. The molecule has 21 heavy (non-hydrogen) atoms. The minimum atomic E-state index is -3.70. The van der Waals surface area contributed by atoms with Crippen molar-refractivity contribution in [2.24, 2.45) is 0 Å². The summed E-state index contributed by atoms with van der Waals surface area (Å²) in [5.74, 6) is 0.282. The fourth-order valence-corrected chi connectivity index (χ4v) is 3.58. The van der Waals surface area contributed by atoms with Gasteiger partial charge in [0.25, 0.3) is 0 Å². The zero-order valence-electron chi connectivity index (χ0n) is 11.1. The third-order valence-corrected chi connectivity index (χ3v) is 4.97. The van der Waals surface area contributed by atoms with Gasteiger partial charge < -0.3 is 5.32 Å². The second-order valence-corrected chi connectivity index (χ2v) is 7.22. The third kappa shape index (κ3) is 3.94. The van der Waals surface area contributed by atoms with Gasteiger partial charge in [0.05, 0.1) is 0 Å². The van der Waals surface area contributed by atoms with Gasteiger partial charge in [-0.15, -0.1) is 0 Å². The number of aromatic nitrogens is 1. The molecule has 0 amide bonds. The summed E-state index contributed by atoms with van der Waals surface area (Å²) in [4.78, 5) is 4.11. The molecule has 0 saturated heterocycles. The van der Waals surface area contributed by atoms with E-state index in [4.69, 9.17) is 11.6 Å². The van der Waals surface area contributed by atoms with Crippen LogP contribution in [0.4, 0.5) is 5.82 Å². The van der Waals surface area contributed by atoms with Crippen LogP contribution >= 0.6 is 27.5 Å². The molecule has 0 aliphatic carbocycles. The Hall–Kier alpha value is -1.15. The van der Waals surface area contributed by atoms with Crippen LogP contribution in [-0.2, 0) is 16.6 Å². The molecule has 0 aliphatic rings. The van der Waals surface area contributed by atoms with Crippen molar-refractivity contribution in [3.8, 4) is 0 Å². The highest BCUT2D eigenvalue weighted by atomic mass is 79.9. The normalized spacial score (nSPS) is 11.4. The van der Waals surface area contributed by atoms with E-state index >= 15 is 0 Å². The Morgan fingerprint density at radius 2 is 2.05 bits per heavy atom. The van der Waals surface area contributed by atoms with Crippen LogP contribution < -0.4 is 10.0 Å². The van der Waals surface area contributed by atoms with Crippen LogP contribution in [0.3, 0.4) is 0 Å². The molecule has 2 aromatic rings. The first-order valence-corrected chi connectivity index (χ1v) is 8.66. The molecular formula is C13H13BrClN3O2S. The van der Waals surface area contributed by atoms with Crippen LogP contribution in [0.1, 0.15) is 5.56 Å². The first-order chi connectivity index (χ1) is 9.94. The largest absolute Gasteiger partial charge is 0.372 e. The molecule has 1 aromatic carbocycles. The van der Waals surface area contributed by atoms with Gasteiger partial charge >= 0.3 is 0 Å². The van der Waals surface area contributed by atoms with E-state index in [1.165, 1.54) is 12.3 Å². The van der Waals surface area contributed by atoms with Crippen LogP contribution in [0.15, 0.2) is 45.9 Å². The lowest BCUT2D eigenvalue weighted by atomic mass is 10.2. The third-order valence-electron chi connectivity index (χ3n) is 2.76. The van der Waals surface area contributed by atoms with Crippen molar-refractivity contribution in [1.82, 2.24) is 9.71 Å². The van der Waals surface area contributed by atoms with Gasteiger partial charge in [-0.05, 0) is 33.6 Å². The molecule has 0 bridgehead atoms. The van der Waals surface area contributed by atoms with Gasteiger partial charge in [-0.1, -0.05) is 29.8 Å². The number of anilines is 1. The highest BCUT2D eigenvalue weighted by Crippen LogP contribution is 2.23. The maximum Gasteiger partial charge on any atom is 0.244 e. The van der Waals surface area contributed by atoms with E-state index in [0.717, 1.165) is 0 Å². The molecule has 0 unspecified atom stereocenters. The Labute approximate surface area is 136 Å². The lowest BCUT2D eigenvalue weighted by molar-refractivity contribution is 0.581. The smallest absolute Gasteiger partial charge is 0.244 e. The lowest BCUT2D eigenvalue weighted by Crippen LogP contribution is -2.24. The summed E-state index contributed by atoms with van der Waals surface area (Å²) in [6.07, 6.45) is 1.53. The molecule has 1 heterocycles. The topological polar surface area (TPSA) is 71.1 Å². The molecule has 0 fully saturated rings. The van der Waals surface area contributed by atoms with Crippen LogP contribution in [0.5, 0.6) is 0 Å². The van der Waals surface area contributed by atoms with E-state index in [0.29, 0.717) is 15.1 Å². The van der Waals surface area contributed by atoms with E-state index in [2.05, 4.69) is 31.0 Å². The Morgan fingerprint density at radius 1 is 1.33 bits per heavy atom. The van der Waals surface area contributed by atoms with E-state index in [1.54, 1.807) is 31.3 Å². The van der Waals surface area contributed by atoms with E-state index in [1.807, 2.05) is 0 Å². The molecule has 2 rings (SSSR count). The molecule has 0 radical (unpaired) electrons. The molecule has 1 aromatic heterocycles. The summed E-state index contributed by atoms with van der Waals surface area (Å²) in [5, 5.41) is 3.28. The first-order valence-electron chi connectivity index (χ1n) is 6.00. The maximum atomic E-state index is 12.4. The van der Waals surface area contributed by atoms with Crippen molar-refractivity contribution < 1.29 is 8.42 Å². The van der Waals surface area contributed by atoms with Crippen molar-refractivity contribution in [2.45, 2.75) is 11.4 Å². The predicted octanol–water partition coefficient (Wildman–Crippen LogP) is 3.02. The van der Waals surface area contributed by atoms with Crippen molar-refractivity contribution in [3.63, 3.8) is 0 Å². The fraction of sp³-hybridized carbons (Fsp3) is 0.154. The van der Waals surface area contributed by atoms with Crippen LogP contribution in [0.2, 0.25) is 5.02 Å². The van der Waals surface area contributed by atoms with E-state index in [-0.39, 0.29) is 17.3 Å². The minimum absolute atomic E-state index is 0.0754. The Balaban J connectivity index is 2.27. The van der Waals surface area contributed by atoms with Crippen molar-refractivity contribution in [1.29, 1.82) is 0 Å². The molecule has 8 heteroatoms. The van der Waals surface area contributed by atoms with E-state index in [9.17, 15) is 8.42 Å². The molecule has 0 atom stereocenters. The van der Waals surface area contributed by atoms with Crippen molar-refractivity contribution in [2.75, 3.05) is 12.4 Å². The van der Waals surface area contributed by atoms with Gasteiger partial charge in [0.15, 0.2) is 0 Å². The average molecular weight is 391 g/mol. The molecule has 0 saturated carbocycles. The Morgan fingerprint density at radius 3 is 2.71 bits per heavy atom. The zero-order chi connectivity index (χ0) is 15.5. The van der Waals surface area contributed by atoms with Gasteiger partial charge in [0.2, 0.25) is 10.0 Å². The summed E-state index contributed by atoms with van der Waals surface area (Å²) >= 11 is 9.24. The molecular weight excluding hydrogens is 378 g/mol. The summed E-state index contributed by atoms with van der Waals surface area (Å²) < 4.78 is 27.9. The second kappa shape index (κ2) is 6.74. The number of pyridine rings is 1. The minimum Gasteiger partial charge on any atom is -0.372 e. The van der Waals surface area contributed by atoms with Crippen LogP contribution in [0, 0.1) is 0 Å². The highest BCUT2D eigenvalue weighted by Gasteiger charge is 2.19. The summed E-state index contributed by atoms with van der Waals surface area (Å²) in [7, 11) is -2.09. The molecule has 0 aliphatic heterocycles. The molecule has 0 spiro atoms.